The van der Waals surface area contributed by atoms with Crippen molar-refractivity contribution in [3.05, 3.63) is 23.3 Å². The van der Waals surface area contributed by atoms with E-state index in [2.05, 4.69) is 6.92 Å². The van der Waals surface area contributed by atoms with Crippen LogP contribution in [0.25, 0.3) is 0 Å². The van der Waals surface area contributed by atoms with Crippen molar-refractivity contribution in [3.8, 4) is 0 Å². The van der Waals surface area contributed by atoms with Crippen molar-refractivity contribution in [2.45, 2.75) is 26.2 Å². The molecule has 0 saturated heterocycles. The van der Waals surface area contributed by atoms with E-state index < -0.39 is 5.41 Å². The van der Waals surface area contributed by atoms with Crippen molar-refractivity contribution in [2.75, 3.05) is 0 Å². The summed E-state index contributed by atoms with van der Waals surface area (Å²) in [6, 6.07) is 0. The minimum Gasteiger partial charge on any atom is -0.298 e. The van der Waals surface area contributed by atoms with Crippen LogP contribution in [-0.4, -0.2) is 11.6 Å². The van der Waals surface area contributed by atoms with E-state index in [4.69, 9.17) is 0 Å². The second kappa shape index (κ2) is 2.25. The molecule has 0 amide bonds. The first kappa shape index (κ1) is 8.16. The summed E-state index contributed by atoms with van der Waals surface area (Å²) in [4.78, 5) is 23.3. The molecule has 0 aliphatic heterocycles. The van der Waals surface area contributed by atoms with Gasteiger partial charge in [0.1, 0.15) is 5.78 Å². The van der Waals surface area contributed by atoms with Crippen molar-refractivity contribution in [1.29, 1.82) is 0 Å². The second-order valence-electron chi connectivity index (χ2n) is 4.70. The molecule has 1 spiro atoms. The van der Waals surface area contributed by atoms with Gasteiger partial charge in [0.15, 0.2) is 5.78 Å². The lowest BCUT2D eigenvalue weighted by atomic mass is 9.60. The molecule has 0 heterocycles. The van der Waals surface area contributed by atoms with E-state index in [1.165, 1.54) is 5.57 Å². The molecule has 0 aromatic carbocycles. The standard InChI is InChI=1S/C12H12O2/c1-7-5-12-6-10(13)4-9(12)2-8(7)3-11(12)14/h4-5,8H,2-3,6H2,1H3. The average Bonchev–Trinajstić information content (AvgIpc) is 2.41. The van der Waals surface area contributed by atoms with Gasteiger partial charge in [-0.15, -0.1) is 0 Å². The van der Waals surface area contributed by atoms with Gasteiger partial charge < -0.3 is 0 Å². The monoisotopic (exact) mass is 188 g/mol. The largest absolute Gasteiger partial charge is 0.298 e. The molecule has 0 radical (unpaired) electrons. The second-order valence-corrected chi connectivity index (χ2v) is 4.70. The minimum absolute atomic E-state index is 0.125. The van der Waals surface area contributed by atoms with Crippen LogP contribution in [0.5, 0.6) is 0 Å². The summed E-state index contributed by atoms with van der Waals surface area (Å²) in [5.74, 6) is 0.762. The third-order valence-corrected chi connectivity index (χ3v) is 3.88. The van der Waals surface area contributed by atoms with Crippen LogP contribution in [0.4, 0.5) is 0 Å². The molecule has 4 aliphatic rings. The minimum atomic E-state index is -0.490. The number of Topliss-reactive ketones (excluding diaryl/α,β-unsaturated/α-hetero) is 1. The van der Waals surface area contributed by atoms with Crippen molar-refractivity contribution >= 4 is 11.6 Å². The van der Waals surface area contributed by atoms with Gasteiger partial charge in [0.2, 0.25) is 0 Å². The maximum atomic E-state index is 11.9. The molecule has 2 bridgehead atoms. The molecule has 2 nitrogen and oxygen atoms in total. The molecular formula is C12H12O2. The Hall–Kier alpha value is -1.18. The maximum Gasteiger partial charge on any atom is 0.157 e. The normalized spacial score (nSPS) is 39.6. The Labute approximate surface area is 82.7 Å². The van der Waals surface area contributed by atoms with Crippen LogP contribution in [-0.2, 0) is 9.59 Å². The fourth-order valence-electron chi connectivity index (χ4n) is 3.08. The number of carbonyl (C=O) groups is 2. The van der Waals surface area contributed by atoms with Crippen molar-refractivity contribution in [2.24, 2.45) is 11.3 Å². The SMILES string of the molecule is CC1=CC23CC(=O)C=C2CC1CC3=O. The zero-order chi connectivity index (χ0) is 9.92. The Morgan fingerprint density at radius 1 is 1.36 bits per heavy atom. The Bertz CT molecular complexity index is 414. The summed E-state index contributed by atoms with van der Waals surface area (Å²) >= 11 is 0. The lowest BCUT2D eigenvalue weighted by Crippen LogP contribution is -2.41. The molecule has 1 saturated carbocycles. The number of hydrogen-bond acceptors (Lipinski definition) is 2. The molecule has 1 fully saturated rings. The molecular weight excluding hydrogens is 176 g/mol. The molecule has 0 aromatic rings. The number of carbonyl (C=O) groups excluding carboxylic acids is 2. The van der Waals surface area contributed by atoms with Crippen LogP contribution < -0.4 is 0 Å². The number of allylic oxidation sites excluding steroid dienone is 4. The average molecular weight is 188 g/mol. The smallest absolute Gasteiger partial charge is 0.157 e. The lowest BCUT2D eigenvalue weighted by molar-refractivity contribution is -0.130. The first-order chi connectivity index (χ1) is 6.62. The molecule has 0 aromatic heterocycles. The Morgan fingerprint density at radius 3 is 2.93 bits per heavy atom. The van der Waals surface area contributed by atoms with Crippen LogP contribution in [0.3, 0.4) is 0 Å². The van der Waals surface area contributed by atoms with Gasteiger partial charge in [-0.3, -0.25) is 9.59 Å². The van der Waals surface area contributed by atoms with E-state index in [1.54, 1.807) is 6.08 Å². The Balaban J connectivity index is 2.23. The highest BCUT2D eigenvalue weighted by Gasteiger charge is 2.52. The van der Waals surface area contributed by atoms with Gasteiger partial charge in [-0.1, -0.05) is 11.6 Å². The first-order valence-corrected chi connectivity index (χ1v) is 5.08. The zero-order valence-electron chi connectivity index (χ0n) is 8.17. The van der Waals surface area contributed by atoms with Gasteiger partial charge in [0.05, 0.1) is 5.41 Å². The van der Waals surface area contributed by atoms with Gasteiger partial charge in [-0.25, -0.2) is 0 Å². The topological polar surface area (TPSA) is 34.1 Å². The summed E-state index contributed by atoms with van der Waals surface area (Å²) in [6.07, 6.45) is 5.72. The molecule has 4 aliphatic carbocycles. The van der Waals surface area contributed by atoms with Crippen LogP contribution in [0, 0.1) is 11.3 Å². The Morgan fingerprint density at radius 2 is 2.14 bits per heavy atom. The van der Waals surface area contributed by atoms with E-state index >= 15 is 0 Å². The first-order valence-electron chi connectivity index (χ1n) is 5.08. The van der Waals surface area contributed by atoms with E-state index in [0.29, 0.717) is 18.8 Å². The zero-order valence-corrected chi connectivity index (χ0v) is 8.17. The van der Waals surface area contributed by atoms with Crippen LogP contribution in [0.2, 0.25) is 0 Å². The van der Waals surface area contributed by atoms with Crippen LogP contribution in [0.1, 0.15) is 26.2 Å². The summed E-state index contributed by atoms with van der Waals surface area (Å²) in [5, 5.41) is 0. The molecule has 72 valence electrons. The summed E-state index contributed by atoms with van der Waals surface area (Å²) in [5.41, 5.74) is 1.89. The summed E-state index contributed by atoms with van der Waals surface area (Å²) in [6.45, 7) is 2.08. The number of fused-ring (bicyclic) bond motifs is 1. The maximum absolute atomic E-state index is 11.9. The fourth-order valence-corrected chi connectivity index (χ4v) is 3.08. The third-order valence-electron chi connectivity index (χ3n) is 3.88. The quantitative estimate of drug-likeness (QED) is 0.543. The van der Waals surface area contributed by atoms with E-state index in [0.717, 1.165) is 12.0 Å². The lowest BCUT2D eigenvalue weighted by Gasteiger charge is -2.42. The highest BCUT2D eigenvalue weighted by molar-refractivity contribution is 6.06. The van der Waals surface area contributed by atoms with E-state index in [-0.39, 0.29) is 11.6 Å². The predicted molar refractivity (Wildman–Crippen MR) is 51.6 cm³/mol. The van der Waals surface area contributed by atoms with Gasteiger partial charge in [0.25, 0.3) is 0 Å². The van der Waals surface area contributed by atoms with Gasteiger partial charge in [-0.05, 0) is 30.9 Å². The van der Waals surface area contributed by atoms with Crippen LogP contribution >= 0.6 is 0 Å². The highest BCUT2D eigenvalue weighted by atomic mass is 16.1. The summed E-state index contributed by atoms with van der Waals surface area (Å²) < 4.78 is 0. The van der Waals surface area contributed by atoms with Crippen molar-refractivity contribution < 1.29 is 9.59 Å². The molecule has 2 heteroatoms. The van der Waals surface area contributed by atoms with E-state index in [1.807, 2.05) is 6.08 Å². The number of hydrogen-bond donors (Lipinski definition) is 0. The van der Waals surface area contributed by atoms with Crippen molar-refractivity contribution in [3.63, 3.8) is 0 Å². The summed E-state index contributed by atoms with van der Waals surface area (Å²) in [7, 11) is 0. The molecule has 0 N–H and O–H groups in total. The molecule has 4 rings (SSSR count). The van der Waals surface area contributed by atoms with Crippen LogP contribution in [0.15, 0.2) is 23.3 Å². The predicted octanol–water partition coefficient (Wildman–Crippen LogP) is 1.81. The molecule has 14 heavy (non-hydrogen) atoms. The van der Waals surface area contributed by atoms with Gasteiger partial charge in [-0.2, -0.15) is 0 Å². The third kappa shape index (κ3) is 0.770. The van der Waals surface area contributed by atoms with Gasteiger partial charge >= 0.3 is 0 Å². The Kier molecular flexibility index (Phi) is 1.31. The number of ketones is 2. The molecule has 2 unspecified atom stereocenters. The van der Waals surface area contributed by atoms with Gasteiger partial charge in [0, 0.05) is 12.8 Å². The van der Waals surface area contributed by atoms with E-state index in [9.17, 15) is 9.59 Å². The molecule has 2 atom stereocenters. The fraction of sp³-hybridized carbons (Fsp3) is 0.500. The highest BCUT2D eigenvalue weighted by Crippen LogP contribution is 2.54. The number of rotatable bonds is 0. The van der Waals surface area contributed by atoms with Crippen molar-refractivity contribution in [1.82, 2.24) is 0 Å².